The van der Waals surface area contributed by atoms with Gasteiger partial charge in [0.25, 0.3) is 5.91 Å². The van der Waals surface area contributed by atoms with Crippen molar-refractivity contribution >= 4 is 11.9 Å². The van der Waals surface area contributed by atoms with Crippen LogP contribution < -0.4 is 5.73 Å². The molecule has 2 aliphatic rings. The quantitative estimate of drug-likeness (QED) is 0.826. The number of nitrogens with zero attached hydrogens (tertiary/aromatic N) is 3. The number of rotatable bonds is 4. The number of aryl methyl sites for hydroxylation is 1. The van der Waals surface area contributed by atoms with Crippen LogP contribution in [-0.4, -0.2) is 71.9 Å². The van der Waals surface area contributed by atoms with E-state index in [1.165, 1.54) is 5.56 Å². The van der Waals surface area contributed by atoms with E-state index in [9.17, 15) is 9.59 Å². The van der Waals surface area contributed by atoms with Gasteiger partial charge in [0.1, 0.15) is 0 Å². The van der Waals surface area contributed by atoms with Crippen molar-refractivity contribution in [3.63, 3.8) is 0 Å². The summed E-state index contributed by atoms with van der Waals surface area (Å²) in [5, 5.41) is 0. The Balaban J connectivity index is 1.37. The number of carbonyl (C=O) groups excluding carboxylic acids is 2. The molecular formula is C25H32N4O2. The van der Waals surface area contributed by atoms with E-state index in [0.29, 0.717) is 25.2 Å². The first-order valence-electron chi connectivity index (χ1n) is 11.2. The predicted octanol–water partition coefficient (Wildman–Crippen LogP) is 3.22. The number of urea groups is 1. The standard InChI is InChI=1S/C25H32N4O2/c1-3-18-4-6-19(7-5-18)20-8-10-21(11-9-20)24(30)27(2)23-13-15-29(17-23)25(31)28-14-12-22(26)16-28/h4-11,22-23H,3,12-17,26H2,1-2H3/t22-,23+/m1/s1. The zero-order chi connectivity index (χ0) is 22.0. The molecule has 6 nitrogen and oxygen atoms in total. The SMILES string of the molecule is CCc1ccc(-c2ccc(C(=O)N(C)[C@H]3CCN(C(=O)N4CC[C@@H](N)C4)C3)cc2)cc1. The molecule has 0 radical (unpaired) electrons. The van der Waals surface area contributed by atoms with Gasteiger partial charge in [-0.25, -0.2) is 4.79 Å². The molecule has 2 aromatic rings. The molecule has 6 heteroatoms. The Hall–Kier alpha value is -2.86. The van der Waals surface area contributed by atoms with Crippen LogP contribution in [0.4, 0.5) is 4.79 Å². The lowest BCUT2D eigenvalue weighted by molar-refractivity contribution is 0.0735. The number of likely N-dealkylation sites (tertiary alicyclic amines) is 2. The minimum atomic E-state index is -0.00428. The Morgan fingerprint density at radius 2 is 1.52 bits per heavy atom. The molecule has 2 heterocycles. The fourth-order valence-electron chi connectivity index (χ4n) is 4.50. The van der Waals surface area contributed by atoms with E-state index in [2.05, 4.69) is 31.2 Å². The van der Waals surface area contributed by atoms with Crippen molar-refractivity contribution in [2.45, 2.75) is 38.3 Å². The number of hydrogen-bond acceptors (Lipinski definition) is 3. The average Bonchev–Trinajstić information content (AvgIpc) is 3.47. The molecule has 31 heavy (non-hydrogen) atoms. The monoisotopic (exact) mass is 420 g/mol. The molecule has 3 amide bonds. The maximum atomic E-state index is 13.0. The topological polar surface area (TPSA) is 69.9 Å². The molecule has 2 atom stereocenters. The van der Waals surface area contributed by atoms with Crippen molar-refractivity contribution < 1.29 is 9.59 Å². The van der Waals surface area contributed by atoms with Gasteiger partial charge in [0.05, 0.1) is 6.04 Å². The van der Waals surface area contributed by atoms with Crippen LogP contribution in [0.3, 0.4) is 0 Å². The van der Waals surface area contributed by atoms with Crippen molar-refractivity contribution in [1.82, 2.24) is 14.7 Å². The zero-order valence-electron chi connectivity index (χ0n) is 18.5. The van der Waals surface area contributed by atoms with Gasteiger partial charge in [-0.2, -0.15) is 0 Å². The van der Waals surface area contributed by atoms with E-state index in [4.69, 9.17) is 5.73 Å². The number of likely N-dealkylation sites (N-methyl/N-ethyl adjacent to an activating group) is 1. The minimum Gasteiger partial charge on any atom is -0.337 e. The van der Waals surface area contributed by atoms with E-state index in [1.807, 2.05) is 41.1 Å². The molecule has 0 unspecified atom stereocenters. The fraction of sp³-hybridized carbons (Fsp3) is 0.440. The maximum absolute atomic E-state index is 13.0. The molecule has 2 aliphatic heterocycles. The zero-order valence-corrected chi connectivity index (χ0v) is 18.5. The minimum absolute atomic E-state index is 0.00428. The predicted molar refractivity (Wildman–Crippen MR) is 123 cm³/mol. The summed E-state index contributed by atoms with van der Waals surface area (Å²) in [6, 6.07) is 16.5. The summed E-state index contributed by atoms with van der Waals surface area (Å²) >= 11 is 0. The lowest BCUT2D eigenvalue weighted by Gasteiger charge is -2.27. The second kappa shape index (κ2) is 9.10. The lowest BCUT2D eigenvalue weighted by Crippen LogP contribution is -2.44. The first-order chi connectivity index (χ1) is 15.0. The second-order valence-electron chi connectivity index (χ2n) is 8.71. The highest BCUT2D eigenvalue weighted by atomic mass is 16.2. The molecule has 2 fully saturated rings. The number of amides is 3. The van der Waals surface area contributed by atoms with Gasteiger partial charge in [-0.05, 0) is 48.1 Å². The summed E-state index contributed by atoms with van der Waals surface area (Å²) in [7, 11) is 1.84. The summed E-state index contributed by atoms with van der Waals surface area (Å²) in [6.07, 6.45) is 2.69. The summed E-state index contributed by atoms with van der Waals surface area (Å²) in [6.45, 7) is 4.76. The van der Waals surface area contributed by atoms with Crippen LogP contribution in [0.2, 0.25) is 0 Å². The van der Waals surface area contributed by atoms with Crippen molar-refractivity contribution in [3.05, 3.63) is 59.7 Å². The molecule has 2 N–H and O–H groups in total. The third-order valence-electron chi connectivity index (χ3n) is 6.62. The molecule has 0 aromatic heterocycles. The normalized spacial score (nSPS) is 20.9. The number of hydrogen-bond donors (Lipinski definition) is 1. The molecule has 0 bridgehead atoms. The van der Waals surface area contributed by atoms with E-state index in [0.717, 1.165) is 36.9 Å². The highest BCUT2D eigenvalue weighted by Gasteiger charge is 2.35. The van der Waals surface area contributed by atoms with Gasteiger partial charge in [-0.15, -0.1) is 0 Å². The van der Waals surface area contributed by atoms with Crippen LogP contribution in [0.25, 0.3) is 11.1 Å². The third-order valence-corrected chi connectivity index (χ3v) is 6.62. The van der Waals surface area contributed by atoms with Crippen LogP contribution in [0.15, 0.2) is 48.5 Å². The van der Waals surface area contributed by atoms with Crippen LogP contribution >= 0.6 is 0 Å². The molecule has 4 rings (SSSR count). The van der Waals surface area contributed by atoms with E-state index < -0.39 is 0 Å². The Bertz CT molecular complexity index is 926. The summed E-state index contributed by atoms with van der Waals surface area (Å²) < 4.78 is 0. The molecule has 2 saturated heterocycles. The highest BCUT2D eigenvalue weighted by molar-refractivity contribution is 5.95. The van der Waals surface area contributed by atoms with Crippen molar-refractivity contribution in [2.75, 3.05) is 33.2 Å². The van der Waals surface area contributed by atoms with Crippen molar-refractivity contribution in [1.29, 1.82) is 0 Å². The van der Waals surface area contributed by atoms with E-state index in [-0.39, 0.29) is 24.0 Å². The Morgan fingerprint density at radius 1 is 0.935 bits per heavy atom. The number of carbonyl (C=O) groups is 2. The van der Waals surface area contributed by atoms with Crippen LogP contribution in [0.1, 0.15) is 35.7 Å². The first kappa shape index (κ1) is 21.4. The molecule has 164 valence electrons. The average molecular weight is 421 g/mol. The summed E-state index contributed by atoms with van der Waals surface area (Å²) in [4.78, 5) is 31.2. The van der Waals surface area contributed by atoms with Gasteiger partial charge in [-0.1, -0.05) is 43.3 Å². The summed E-state index contributed by atoms with van der Waals surface area (Å²) in [5.41, 5.74) is 10.2. The van der Waals surface area contributed by atoms with E-state index >= 15 is 0 Å². The number of nitrogens with two attached hydrogens (primary N) is 1. The maximum Gasteiger partial charge on any atom is 0.320 e. The Labute approximate surface area is 184 Å². The largest absolute Gasteiger partial charge is 0.337 e. The molecule has 0 saturated carbocycles. The summed E-state index contributed by atoms with van der Waals surface area (Å²) in [5.74, 6) is -0.00428. The second-order valence-corrected chi connectivity index (χ2v) is 8.71. The Kier molecular flexibility index (Phi) is 6.28. The van der Waals surface area contributed by atoms with Crippen LogP contribution in [0, 0.1) is 0 Å². The van der Waals surface area contributed by atoms with E-state index in [1.54, 1.807) is 4.90 Å². The van der Waals surface area contributed by atoms with Gasteiger partial charge >= 0.3 is 6.03 Å². The van der Waals surface area contributed by atoms with Gasteiger partial charge < -0.3 is 20.4 Å². The Morgan fingerprint density at radius 3 is 2.10 bits per heavy atom. The van der Waals surface area contributed by atoms with Gasteiger partial charge in [0, 0.05) is 44.8 Å². The van der Waals surface area contributed by atoms with Gasteiger partial charge in [0.15, 0.2) is 0 Å². The molecule has 0 aliphatic carbocycles. The third kappa shape index (κ3) is 4.59. The molecular weight excluding hydrogens is 388 g/mol. The highest BCUT2D eigenvalue weighted by Crippen LogP contribution is 2.23. The molecule has 0 spiro atoms. The first-order valence-corrected chi connectivity index (χ1v) is 11.2. The van der Waals surface area contributed by atoms with Crippen molar-refractivity contribution in [3.8, 4) is 11.1 Å². The van der Waals surface area contributed by atoms with Crippen molar-refractivity contribution in [2.24, 2.45) is 5.73 Å². The number of benzene rings is 2. The molecule has 2 aromatic carbocycles. The lowest BCUT2D eigenvalue weighted by atomic mass is 10.0. The van der Waals surface area contributed by atoms with Crippen LogP contribution in [-0.2, 0) is 6.42 Å². The smallest absolute Gasteiger partial charge is 0.320 e. The van der Waals surface area contributed by atoms with Gasteiger partial charge in [0.2, 0.25) is 0 Å². The van der Waals surface area contributed by atoms with Crippen LogP contribution in [0.5, 0.6) is 0 Å². The fourth-order valence-corrected chi connectivity index (χ4v) is 4.50. The van der Waals surface area contributed by atoms with Gasteiger partial charge in [-0.3, -0.25) is 4.79 Å².